The van der Waals surface area contributed by atoms with Crippen LogP contribution in [0.1, 0.15) is 67.2 Å². The molecule has 250 valence electrons. The van der Waals surface area contributed by atoms with Gasteiger partial charge in [0, 0.05) is 71.0 Å². The molecule has 2 aromatic carbocycles. The van der Waals surface area contributed by atoms with E-state index in [9.17, 15) is 10.1 Å². The smallest absolute Gasteiger partial charge is 0.226 e. The number of amides is 1. The number of halogens is 3. The van der Waals surface area contributed by atoms with Gasteiger partial charge in [0.25, 0.3) is 0 Å². The van der Waals surface area contributed by atoms with E-state index in [1.165, 1.54) is 0 Å². The molecule has 5 fully saturated rings. The van der Waals surface area contributed by atoms with Gasteiger partial charge in [0.15, 0.2) is 5.82 Å². The van der Waals surface area contributed by atoms with Gasteiger partial charge in [-0.3, -0.25) is 9.48 Å². The lowest BCUT2D eigenvalue weighted by atomic mass is 9.79. The van der Waals surface area contributed by atoms with Crippen LogP contribution in [0.25, 0.3) is 32.9 Å². The van der Waals surface area contributed by atoms with Crippen molar-refractivity contribution in [2.24, 2.45) is 11.8 Å². The van der Waals surface area contributed by atoms with Crippen molar-refractivity contribution in [1.82, 2.24) is 29.5 Å². The number of nitriles is 1. The van der Waals surface area contributed by atoms with Gasteiger partial charge in [-0.25, -0.2) is 9.37 Å². The Morgan fingerprint density at radius 2 is 2.02 bits per heavy atom. The lowest BCUT2D eigenvalue weighted by molar-refractivity contribution is -0.133. The highest BCUT2D eigenvalue weighted by molar-refractivity contribution is 6.43. The normalized spacial score (nSPS) is 24.6. The van der Waals surface area contributed by atoms with Crippen LogP contribution in [-0.4, -0.2) is 49.3 Å². The van der Waals surface area contributed by atoms with Crippen LogP contribution in [0, 0.1) is 35.9 Å². The summed E-state index contributed by atoms with van der Waals surface area (Å²) < 4.78 is 21.4. The van der Waals surface area contributed by atoms with Gasteiger partial charge in [0.2, 0.25) is 5.91 Å². The number of aromatic nitrogens is 4. The van der Waals surface area contributed by atoms with Crippen LogP contribution < -0.4 is 11.1 Å². The molecule has 0 radical (unpaired) electrons. The van der Waals surface area contributed by atoms with Crippen molar-refractivity contribution in [3.05, 3.63) is 75.4 Å². The Morgan fingerprint density at radius 1 is 1.18 bits per heavy atom. The van der Waals surface area contributed by atoms with E-state index >= 15 is 4.39 Å². The fraction of sp³-hybridized carbons (Fsp3) is 0.405. The zero-order valence-corrected chi connectivity index (χ0v) is 28.5. The lowest BCUT2D eigenvalue weighted by Crippen LogP contribution is -2.41. The number of nitrogen functional groups attached to an aromatic ring is 1. The molecule has 1 amide bonds. The van der Waals surface area contributed by atoms with Crippen LogP contribution in [0.15, 0.2) is 42.6 Å². The molecule has 5 aromatic rings. The van der Waals surface area contributed by atoms with Crippen molar-refractivity contribution >= 4 is 56.7 Å². The van der Waals surface area contributed by atoms with Crippen molar-refractivity contribution in [3.8, 4) is 17.2 Å². The maximum atomic E-state index is 17.1. The quantitative estimate of drug-likeness (QED) is 0.184. The second-order valence-electron chi connectivity index (χ2n) is 14.2. The lowest BCUT2D eigenvalue weighted by Gasteiger charge is -2.39. The number of carbonyl (C=O) groups excluding carboxylic acids is 1. The second kappa shape index (κ2) is 11.4. The number of anilines is 1. The SMILES string of the molecule is Cc1nc2c(F)c(-c3cccc(Cl)c3Cl)c(CCC#N)cc2c2c1cc(C1CC(n3ccc(N)n3)CN1C(=O)C1CC1)n2C1C2CNC1C2. The molecule has 3 aliphatic heterocycles. The number of nitrogens with one attached hydrogen (secondary N) is 1. The summed E-state index contributed by atoms with van der Waals surface area (Å²) in [6.45, 7) is 3.39. The van der Waals surface area contributed by atoms with E-state index in [0.717, 1.165) is 42.4 Å². The van der Waals surface area contributed by atoms with Gasteiger partial charge in [-0.15, -0.1) is 0 Å². The van der Waals surface area contributed by atoms with Gasteiger partial charge in [-0.05, 0) is 74.8 Å². The molecule has 9 nitrogen and oxygen atoms in total. The minimum atomic E-state index is -0.480. The summed E-state index contributed by atoms with van der Waals surface area (Å²) in [6, 6.07) is 13.6. The molecule has 2 saturated carbocycles. The van der Waals surface area contributed by atoms with Crippen LogP contribution in [0.2, 0.25) is 10.0 Å². The van der Waals surface area contributed by atoms with Gasteiger partial charge in [0.05, 0.1) is 39.8 Å². The number of pyridine rings is 1. The predicted molar refractivity (Wildman–Crippen MR) is 188 cm³/mol. The molecule has 10 rings (SSSR count). The molecule has 3 aromatic heterocycles. The Hall–Kier alpha value is -4.17. The van der Waals surface area contributed by atoms with Crippen molar-refractivity contribution in [1.29, 1.82) is 5.26 Å². The van der Waals surface area contributed by atoms with Crippen LogP contribution >= 0.6 is 23.2 Å². The van der Waals surface area contributed by atoms with Crippen molar-refractivity contribution in [2.75, 3.05) is 18.8 Å². The Bertz CT molecular complexity index is 2220. The van der Waals surface area contributed by atoms with Gasteiger partial charge < -0.3 is 20.5 Å². The number of hydrogen-bond acceptors (Lipinski definition) is 6. The first kappa shape index (κ1) is 30.9. The van der Waals surface area contributed by atoms with Crippen molar-refractivity contribution < 1.29 is 9.18 Å². The summed E-state index contributed by atoms with van der Waals surface area (Å²) >= 11 is 13.1. The fourth-order valence-corrected chi connectivity index (χ4v) is 9.14. The van der Waals surface area contributed by atoms with Crippen LogP contribution in [0.5, 0.6) is 0 Å². The number of likely N-dealkylation sites (tertiary alicyclic amines) is 1. The largest absolute Gasteiger partial charge is 0.382 e. The van der Waals surface area contributed by atoms with E-state index < -0.39 is 5.82 Å². The highest BCUT2D eigenvalue weighted by Gasteiger charge is 2.51. The number of aryl methyl sites for hydroxylation is 2. The second-order valence-corrected chi connectivity index (χ2v) is 15.0. The van der Waals surface area contributed by atoms with Crippen LogP contribution in [0.4, 0.5) is 10.2 Å². The maximum absolute atomic E-state index is 17.1. The fourth-order valence-electron chi connectivity index (χ4n) is 8.75. The van der Waals surface area contributed by atoms with Crippen molar-refractivity contribution in [3.63, 3.8) is 0 Å². The molecule has 3 N–H and O–H groups in total. The number of rotatable bonds is 7. The monoisotopic (exact) mass is 696 g/mol. The summed E-state index contributed by atoms with van der Waals surface area (Å²) in [6.07, 6.45) is 6.04. The van der Waals surface area contributed by atoms with Crippen LogP contribution in [0.3, 0.4) is 0 Å². The maximum Gasteiger partial charge on any atom is 0.226 e. The molecule has 6 heterocycles. The molecule has 2 aliphatic carbocycles. The van der Waals surface area contributed by atoms with Gasteiger partial charge in [0.1, 0.15) is 11.3 Å². The third-order valence-electron chi connectivity index (χ3n) is 11.3. The number of nitrogens with zero attached hydrogens (tertiary/aromatic N) is 6. The Morgan fingerprint density at radius 3 is 2.71 bits per heavy atom. The first-order valence-corrected chi connectivity index (χ1v) is 17.8. The summed E-state index contributed by atoms with van der Waals surface area (Å²) in [4.78, 5) is 20.9. The Labute approximate surface area is 292 Å². The molecule has 49 heavy (non-hydrogen) atoms. The average Bonchev–Trinajstić information content (AvgIpc) is 3.54. The summed E-state index contributed by atoms with van der Waals surface area (Å²) in [7, 11) is 0. The number of hydrogen-bond donors (Lipinski definition) is 2. The highest BCUT2D eigenvalue weighted by Crippen LogP contribution is 2.52. The van der Waals surface area contributed by atoms with E-state index in [2.05, 4.69) is 32.0 Å². The molecule has 5 unspecified atom stereocenters. The molecular weight excluding hydrogens is 662 g/mol. The van der Waals surface area contributed by atoms with E-state index in [4.69, 9.17) is 33.9 Å². The first-order chi connectivity index (χ1) is 23.7. The van der Waals surface area contributed by atoms with Crippen molar-refractivity contribution in [2.45, 2.75) is 69.6 Å². The molecule has 12 heteroatoms. The van der Waals surface area contributed by atoms with E-state index in [0.29, 0.717) is 63.9 Å². The zero-order valence-electron chi connectivity index (χ0n) is 27.0. The topological polar surface area (TPSA) is 118 Å². The summed E-state index contributed by atoms with van der Waals surface area (Å²) in [5.74, 6) is 0.640. The average molecular weight is 698 g/mol. The molecule has 5 aliphatic rings. The Balaban J connectivity index is 1.30. The molecule has 3 saturated heterocycles. The number of nitrogens with two attached hydrogens (primary N) is 1. The number of carbonyl (C=O) groups is 1. The third kappa shape index (κ3) is 4.77. The highest BCUT2D eigenvalue weighted by atomic mass is 35.5. The van der Waals surface area contributed by atoms with Crippen LogP contribution in [-0.2, 0) is 11.2 Å². The molecular formula is C37H35Cl2FN8O. The summed E-state index contributed by atoms with van der Waals surface area (Å²) in [5, 5.41) is 20.0. The van der Waals surface area contributed by atoms with Gasteiger partial charge in [-0.1, -0.05) is 35.3 Å². The molecule has 5 atom stereocenters. The molecule has 0 spiro atoms. The predicted octanol–water partition coefficient (Wildman–Crippen LogP) is 7.30. The van der Waals surface area contributed by atoms with Gasteiger partial charge in [-0.2, -0.15) is 10.4 Å². The minimum Gasteiger partial charge on any atom is -0.382 e. The first-order valence-electron chi connectivity index (χ1n) is 17.1. The third-order valence-corrected chi connectivity index (χ3v) is 12.1. The summed E-state index contributed by atoms with van der Waals surface area (Å²) in [5.41, 5.74) is 10.4. The zero-order chi connectivity index (χ0) is 33.7. The Kier molecular flexibility index (Phi) is 7.20. The van der Waals surface area contributed by atoms with Gasteiger partial charge >= 0.3 is 0 Å². The minimum absolute atomic E-state index is 0.0244. The molecule has 2 bridgehead atoms. The standard InChI is InChI=1S/C37H35Cl2FN8O/c1-18-24-15-29(28-14-22(47-11-9-30(42)45-47)17-46(28)37(49)19-7-8-19)48(35-21-13-27(35)43-16-21)36(24)25-12-20(4-3-10-41)31(33(40)34(25)44-18)23-5-2-6-26(38)32(23)39/h2,5-6,9,11-12,15,19,21-22,27-28,35,43H,3-4,7-8,13-14,16-17H2,1H3,(H2,42,45). The van der Waals surface area contributed by atoms with E-state index in [1.54, 1.807) is 24.3 Å². The number of benzene rings is 2. The van der Waals surface area contributed by atoms with E-state index in [1.807, 2.05) is 23.9 Å². The van der Waals surface area contributed by atoms with E-state index in [-0.39, 0.29) is 53.0 Å². The number of fused-ring (bicyclic) bond motifs is 4.